The molecule has 6 nitrogen and oxygen atoms in total. The number of aromatic nitrogens is 2. The van der Waals surface area contributed by atoms with Crippen molar-refractivity contribution in [2.75, 3.05) is 13.1 Å². The molecule has 1 fully saturated rings. The molecule has 1 saturated carbocycles. The zero-order valence-electron chi connectivity index (χ0n) is 16.5. The molecule has 0 atom stereocenters. The average Bonchev–Trinajstić information content (AvgIpc) is 3.25. The Kier molecular flexibility index (Phi) is 5.46. The maximum atomic E-state index is 13.2. The predicted molar refractivity (Wildman–Crippen MR) is 106 cm³/mol. The predicted octanol–water partition coefficient (Wildman–Crippen LogP) is 2.99. The Morgan fingerprint density at radius 1 is 1.21 bits per heavy atom. The minimum absolute atomic E-state index is 0.00901. The highest BCUT2D eigenvalue weighted by molar-refractivity contribution is 6.00. The lowest BCUT2D eigenvalue weighted by Crippen LogP contribution is -2.43. The number of hydrogen-bond donors (Lipinski definition) is 0. The number of carbonyl (C=O) groups excluding carboxylic acids is 2. The van der Waals surface area contributed by atoms with Gasteiger partial charge in [-0.25, -0.2) is 4.98 Å². The van der Waals surface area contributed by atoms with Crippen molar-refractivity contribution in [3.05, 3.63) is 53.6 Å². The molecule has 0 N–H and O–H groups in total. The maximum Gasteiger partial charge on any atom is 0.254 e. The molecule has 4 rings (SSSR count). The van der Waals surface area contributed by atoms with Crippen molar-refractivity contribution < 1.29 is 9.59 Å². The van der Waals surface area contributed by atoms with E-state index >= 15 is 0 Å². The number of aryl methyl sites for hydroxylation is 1. The average molecular weight is 380 g/mol. The fourth-order valence-electron chi connectivity index (χ4n) is 4.36. The van der Waals surface area contributed by atoms with E-state index in [9.17, 15) is 9.59 Å². The van der Waals surface area contributed by atoms with Gasteiger partial charge in [0.2, 0.25) is 5.91 Å². The van der Waals surface area contributed by atoms with E-state index in [4.69, 9.17) is 0 Å². The van der Waals surface area contributed by atoms with Crippen LogP contribution in [-0.4, -0.2) is 44.3 Å². The fraction of sp³-hybridized carbons (Fsp3) is 0.500. The van der Waals surface area contributed by atoms with Crippen LogP contribution in [0, 0.1) is 5.92 Å². The van der Waals surface area contributed by atoms with Crippen LogP contribution in [-0.2, 0) is 24.9 Å². The quantitative estimate of drug-likeness (QED) is 0.774. The second-order valence-corrected chi connectivity index (χ2v) is 8.05. The van der Waals surface area contributed by atoms with Crippen molar-refractivity contribution in [3.63, 3.8) is 0 Å². The van der Waals surface area contributed by atoms with E-state index in [0.717, 1.165) is 23.5 Å². The van der Waals surface area contributed by atoms with Crippen LogP contribution in [0.15, 0.2) is 36.7 Å². The van der Waals surface area contributed by atoms with Gasteiger partial charge in [-0.05, 0) is 30.4 Å². The van der Waals surface area contributed by atoms with Crippen LogP contribution in [0.2, 0.25) is 0 Å². The molecule has 2 heterocycles. The molecule has 1 aromatic heterocycles. The van der Waals surface area contributed by atoms with Gasteiger partial charge in [0, 0.05) is 38.1 Å². The van der Waals surface area contributed by atoms with Gasteiger partial charge in [-0.3, -0.25) is 9.59 Å². The first-order valence-electron chi connectivity index (χ1n) is 10.2. The Labute approximate surface area is 166 Å². The van der Waals surface area contributed by atoms with Crippen LogP contribution in [0.3, 0.4) is 0 Å². The molecular formula is C22H28N4O2. The van der Waals surface area contributed by atoms with Crippen molar-refractivity contribution in [3.8, 4) is 0 Å². The lowest BCUT2D eigenvalue weighted by molar-refractivity contribution is -0.133. The highest BCUT2D eigenvalue weighted by atomic mass is 16.2. The molecule has 0 unspecified atom stereocenters. The van der Waals surface area contributed by atoms with Gasteiger partial charge >= 0.3 is 0 Å². The van der Waals surface area contributed by atoms with E-state index in [-0.39, 0.29) is 18.4 Å². The third-order valence-corrected chi connectivity index (χ3v) is 6.03. The maximum absolute atomic E-state index is 13.2. The SMILES string of the molecule is Cn1ccnc1CN(CC1CCCCC1)C(=O)CN1Cc2ccccc2C1=O. The van der Waals surface area contributed by atoms with Gasteiger partial charge in [-0.1, -0.05) is 37.5 Å². The van der Waals surface area contributed by atoms with Gasteiger partial charge in [0.1, 0.15) is 12.4 Å². The summed E-state index contributed by atoms with van der Waals surface area (Å²) in [6.07, 6.45) is 9.81. The number of hydrogen-bond acceptors (Lipinski definition) is 3. The first-order chi connectivity index (χ1) is 13.6. The molecule has 1 aliphatic heterocycles. The van der Waals surface area contributed by atoms with Gasteiger partial charge in [0.05, 0.1) is 6.54 Å². The number of carbonyl (C=O) groups is 2. The van der Waals surface area contributed by atoms with Crippen molar-refractivity contribution in [1.82, 2.24) is 19.4 Å². The smallest absolute Gasteiger partial charge is 0.254 e. The van der Waals surface area contributed by atoms with Gasteiger partial charge in [-0.15, -0.1) is 0 Å². The Morgan fingerprint density at radius 3 is 2.71 bits per heavy atom. The van der Waals surface area contributed by atoms with Crippen molar-refractivity contribution in [1.29, 1.82) is 0 Å². The third kappa shape index (κ3) is 3.96. The molecule has 0 radical (unpaired) electrons. The molecule has 2 amide bonds. The molecule has 0 spiro atoms. The van der Waals surface area contributed by atoms with E-state index in [1.54, 1.807) is 11.1 Å². The van der Waals surface area contributed by atoms with Crippen LogP contribution in [0.4, 0.5) is 0 Å². The van der Waals surface area contributed by atoms with Crippen LogP contribution < -0.4 is 0 Å². The monoisotopic (exact) mass is 380 g/mol. The van der Waals surface area contributed by atoms with E-state index in [0.29, 0.717) is 19.0 Å². The molecule has 148 valence electrons. The molecule has 2 aromatic rings. The summed E-state index contributed by atoms with van der Waals surface area (Å²) in [6, 6.07) is 7.62. The minimum atomic E-state index is -0.0430. The summed E-state index contributed by atoms with van der Waals surface area (Å²) in [4.78, 5) is 33.8. The topological polar surface area (TPSA) is 58.4 Å². The molecule has 1 aliphatic carbocycles. The molecule has 6 heteroatoms. The summed E-state index contributed by atoms with van der Waals surface area (Å²) >= 11 is 0. The van der Waals surface area contributed by atoms with Crippen LogP contribution in [0.1, 0.15) is 53.8 Å². The first kappa shape index (κ1) is 18.7. The second-order valence-electron chi connectivity index (χ2n) is 8.05. The zero-order chi connectivity index (χ0) is 19.5. The molecule has 2 aliphatic rings. The van der Waals surface area contributed by atoms with E-state index in [2.05, 4.69) is 4.98 Å². The van der Waals surface area contributed by atoms with Crippen molar-refractivity contribution in [2.24, 2.45) is 13.0 Å². The Balaban J connectivity index is 1.46. The first-order valence-corrected chi connectivity index (χ1v) is 10.2. The van der Waals surface area contributed by atoms with Gasteiger partial charge in [-0.2, -0.15) is 0 Å². The second kappa shape index (κ2) is 8.17. The lowest BCUT2D eigenvalue weighted by Gasteiger charge is -2.31. The number of fused-ring (bicyclic) bond motifs is 1. The molecule has 1 aromatic carbocycles. The zero-order valence-corrected chi connectivity index (χ0v) is 16.5. The number of amides is 2. The van der Waals surface area contributed by atoms with Crippen molar-refractivity contribution >= 4 is 11.8 Å². The summed E-state index contributed by atoms with van der Waals surface area (Å²) in [6.45, 7) is 1.89. The normalized spacial score (nSPS) is 17.0. The summed E-state index contributed by atoms with van der Waals surface area (Å²) in [5.41, 5.74) is 1.72. The Hall–Kier alpha value is -2.63. The minimum Gasteiger partial charge on any atom is -0.337 e. The summed E-state index contributed by atoms with van der Waals surface area (Å²) in [7, 11) is 1.95. The molecular weight excluding hydrogens is 352 g/mol. The fourth-order valence-corrected chi connectivity index (χ4v) is 4.36. The van der Waals surface area contributed by atoms with Crippen LogP contribution in [0.5, 0.6) is 0 Å². The number of rotatable bonds is 6. The van der Waals surface area contributed by atoms with Crippen LogP contribution in [0.25, 0.3) is 0 Å². The van der Waals surface area contributed by atoms with E-state index < -0.39 is 0 Å². The molecule has 0 bridgehead atoms. The van der Waals surface area contributed by atoms with Gasteiger partial charge < -0.3 is 14.4 Å². The number of benzene rings is 1. The number of imidazole rings is 1. The van der Waals surface area contributed by atoms with Crippen molar-refractivity contribution in [2.45, 2.75) is 45.2 Å². The highest BCUT2D eigenvalue weighted by Gasteiger charge is 2.30. The summed E-state index contributed by atoms with van der Waals surface area (Å²) in [5.74, 6) is 1.39. The molecule has 28 heavy (non-hydrogen) atoms. The van der Waals surface area contributed by atoms with E-state index in [1.165, 1.54) is 32.1 Å². The van der Waals surface area contributed by atoms with E-state index in [1.807, 2.05) is 47.0 Å². The Morgan fingerprint density at radius 2 is 2.00 bits per heavy atom. The standard InChI is InChI=1S/C22H28N4O2/c1-24-12-11-23-20(24)15-25(13-17-7-3-2-4-8-17)21(27)16-26-14-18-9-5-6-10-19(18)22(26)28/h5-6,9-12,17H,2-4,7-8,13-16H2,1H3. The van der Waals surface area contributed by atoms with Gasteiger partial charge in [0.15, 0.2) is 0 Å². The van der Waals surface area contributed by atoms with Crippen LogP contribution >= 0.6 is 0 Å². The number of nitrogens with zero attached hydrogens (tertiary/aromatic N) is 4. The third-order valence-electron chi connectivity index (χ3n) is 6.03. The summed E-state index contributed by atoms with van der Waals surface area (Å²) < 4.78 is 1.96. The molecule has 0 saturated heterocycles. The highest BCUT2D eigenvalue weighted by Crippen LogP contribution is 2.26. The lowest BCUT2D eigenvalue weighted by atomic mass is 9.89. The Bertz CT molecular complexity index is 854. The summed E-state index contributed by atoms with van der Waals surface area (Å²) in [5, 5.41) is 0. The van der Waals surface area contributed by atoms with Gasteiger partial charge in [0.25, 0.3) is 5.91 Å². The largest absolute Gasteiger partial charge is 0.337 e.